The Balaban J connectivity index is 2.07. The minimum Gasteiger partial charge on any atom is -0.425 e. The molecule has 1 aromatic carbocycles. The van der Waals surface area contributed by atoms with E-state index in [2.05, 4.69) is 20.9 Å². The zero-order chi connectivity index (χ0) is 12.3. The van der Waals surface area contributed by atoms with E-state index in [1.165, 1.54) is 0 Å². The van der Waals surface area contributed by atoms with Gasteiger partial charge in [-0.25, -0.2) is 9.78 Å². The van der Waals surface area contributed by atoms with Crippen LogP contribution in [0.2, 0.25) is 0 Å². The first-order valence-corrected chi connectivity index (χ1v) is 5.91. The van der Waals surface area contributed by atoms with Crippen LogP contribution in [0.3, 0.4) is 0 Å². The van der Waals surface area contributed by atoms with E-state index >= 15 is 0 Å². The smallest absolute Gasteiger partial charge is 0.334 e. The van der Waals surface area contributed by atoms with Gasteiger partial charge in [-0.3, -0.25) is 0 Å². The summed E-state index contributed by atoms with van der Waals surface area (Å²) in [6.45, 7) is 1.77. The molecule has 4 nitrogen and oxygen atoms in total. The second-order valence-corrected chi connectivity index (χ2v) is 4.48. The number of ether oxygens (including phenoxy) is 1. The van der Waals surface area contributed by atoms with Crippen LogP contribution in [0.25, 0.3) is 0 Å². The van der Waals surface area contributed by atoms with E-state index in [1.54, 1.807) is 42.3 Å². The summed E-state index contributed by atoms with van der Waals surface area (Å²) < 4.78 is 7.83. The van der Waals surface area contributed by atoms with Crippen LogP contribution in [0.4, 0.5) is 0 Å². The van der Waals surface area contributed by atoms with Gasteiger partial charge < -0.3 is 9.30 Å². The molecule has 17 heavy (non-hydrogen) atoms. The van der Waals surface area contributed by atoms with Crippen molar-refractivity contribution in [2.45, 2.75) is 13.0 Å². The Morgan fingerprint density at radius 2 is 2.35 bits per heavy atom. The largest absolute Gasteiger partial charge is 0.425 e. The van der Waals surface area contributed by atoms with Crippen LogP contribution in [-0.2, 0) is 4.79 Å². The lowest BCUT2D eigenvalue weighted by atomic mass is 10.3. The van der Waals surface area contributed by atoms with Crippen molar-refractivity contribution in [1.82, 2.24) is 9.55 Å². The summed E-state index contributed by atoms with van der Waals surface area (Å²) in [4.78, 5) is 15.7. The second-order valence-electron chi connectivity index (χ2n) is 3.56. The third-order valence-electron chi connectivity index (χ3n) is 2.33. The maximum absolute atomic E-state index is 11.8. The number of halogens is 1. The molecular weight excluding hydrogens is 284 g/mol. The Kier molecular flexibility index (Phi) is 3.58. The van der Waals surface area contributed by atoms with Crippen LogP contribution < -0.4 is 4.74 Å². The lowest BCUT2D eigenvalue weighted by molar-refractivity contribution is -0.137. The van der Waals surface area contributed by atoms with E-state index in [-0.39, 0.29) is 5.97 Å². The lowest BCUT2D eigenvalue weighted by Gasteiger charge is -2.12. The predicted octanol–water partition coefficient (Wildman–Crippen LogP) is 2.81. The molecule has 2 rings (SSSR count). The van der Waals surface area contributed by atoms with Gasteiger partial charge >= 0.3 is 5.97 Å². The van der Waals surface area contributed by atoms with Crippen molar-refractivity contribution in [3.05, 3.63) is 47.5 Å². The lowest BCUT2D eigenvalue weighted by Crippen LogP contribution is -2.20. The van der Waals surface area contributed by atoms with Crippen molar-refractivity contribution < 1.29 is 9.53 Å². The molecule has 0 amide bonds. The van der Waals surface area contributed by atoms with Crippen LogP contribution >= 0.6 is 15.9 Å². The van der Waals surface area contributed by atoms with Crippen molar-refractivity contribution >= 4 is 21.9 Å². The third-order valence-corrected chi connectivity index (χ3v) is 2.82. The summed E-state index contributed by atoms with van der Waals surface area (Å²) in [7, 11) is 0. The summed E-state index contributed by atoms with van der Waals surface area (Å²) in [5, 5.41) is 0. The average Bonchev–Trinajstić information content (AvgIpc) is 2.81. The van der Waals surface area contributed by atoms with Crippen LogP contribution in [0.1, 0.15) is 13.0 Å². The quantitative estimate of drug-likeness (QED) is 0.646. The fraction of sp³-hybridized carbons (Fsp3) is 0.167. The zero-order valence-corrected chi connectivity index (χ0v) is 10.8. The Bertz CT molecular complexity index is 511. The van der Waals surface area contributed by atoms with Crippen LogP contribution in [0, 0.1) is 0 Å². The van der Waals surface area contributed by atoms with Crippen LogP contribution in [0.5, 0.6) is 5.75 Å². The Labute approximate surface area is 107 Å². The minimum absolute atomic E-state index is 0.318. The Hall–Kier alpha value is -1.62. The highest BCUT2D eigenvalue weighted by Crippen LogP contribution is 2.19. The van der Waals surface area contributed by atoms with Gasteiger partial charge in [0, 0.05) is 16.9 Å². The molecule has 1 atom stereocenters. The first-order chi connectivity index (χ1) is 8.16. The number of carbonyl (C=O) groups excluding carboxylic acids is 1. The van der Waals surface area contributed by atoms with E-state index in [9.17, 15) is 4.79 Å². The number of benzene rings is 1. The van der Waals surface area contributed by atoms with Crippen LogP contribution in [0.15, 0.2) is 47.5 Å². The van der Waals surface area contributed by atoms with E-state index in [0.29, 0.717) is 5.75 Å². The number of aromatic nitrogens is 2. The SMILES string of the molecule is CC(C(=O)Oc1cccc(Br)c1)n1ccnc1. The van der Waals surface area contributed by atoms with Gasteiger partial charge in [-0.05, 0) is 25.1 Å². The number of esters is 1. The molecule has 0 N–H and O–H groups in total. The summed E-state index contributed by atoms with van der Waals surface area (Å²) in [6, 6.07) is 6.78. The molecule has 0 aliphatic heterocycles. The molecule has 2 aromatic rings. The summed E-state index contributed by atoms with van der Waals surface area (Å²) in [6.07, 6.45) is 4.95. The van der Waals surface area contributed by atoms with Crippen LogP contribution in [-0.4, -0.2) is 15.5 Å². The molecule has 5 heteroatoms. The molecule has 1 unspecified atom stereocenters. The van der Waals surface area contributed by atoms with Gasteiger partial charge in [0.2, 0.25) is 0 Å². The van der Waals surface area contributed by atoms with Gasteiger partial charge in [-0.15, -0.1) is 0 Å². The van der Waals surface area contributed by atoms with E-state index in [1.807, 2.05) is 12.1 Å². The second kappa shape index (κ2) is 5.14. The highest BCUT2D eigenvalue weighted by atomic mass is 79.9. The van der Waals surface area contributed by atoms with Gasteiger partial charge in [0.05, 0.1) is 6.33 Å². The average molecular weight is 295 g/mol. The molecule has 1 aromatic heterocycles. The standard InChI is InChI=1S/C12H11BrN2O2/c1-9(15-6-5-14-8-15)12(16)17-11-4-2-3-10(13)7-11/h2-9H,1H3. The highest BCUT2D eigenvalue weighted by Gasteiger charge is 2.16. The number of rotatable bonds is 3. The normalized spacial score (nSPS) is 12.1. The van der Waals surface area contributed by atoms with E-state index < -0.39 is 6.04 Å². The Morgan fingerprint density at radius 3 is 3.00 bits per heavy atom. The van der Waals surface area contributed by atoms with E-state index in [4.69, 9.17) is 4.74 Å². The highest BCUT2D eigenvalue weighted by molar-refractivity contribution is 9.10. The first kappa shape index (κ1) is 11.9. The molecule has 0 bridgehead atoms. The minimum atomic E-state index is -0.392. The van der Waals surface area contributed by atoms with Gasteiger partial charge in [-0.2, -0.15) is 0 Å². The number of hydrogen-bond acceptors (Lipinski definition) is 3. The monoisotopic (exact) mass is 294 g/mol. The fourth-order valence-corrected chi connectivity index (χ4v) is 1.73. The molecule has 0 aliphatic rings. The van der Waals surface area contributed by atoms with Gasteiger partial charge in [0.25, 0.3) is 0 Å². The van der Waals surface area contributed by atoms with Crippen molar-refractivity contribution in [3.63, 3.8) is 0 Å². The first-order valence-electron chi connectivity index (χ1n) is 5.11. The molecule has 88 valence electrons. The molecule has 0 spiro atoms. The van der Waals surface area contributed by atoms with Gasteiger partial charge in [0.15, 0.2) is 0 Å². The fourth-order valence-electron chi connectivity index (χ4n) is 1.35. The maximum Gasteiger partial charge on any atom is 0.334 e. The molecule has 0 aliphatic carbocycles. The number of nitrogens with zero attached hydrogens (tertiary/aromatic N) is 2. The summed E-state index contributed by atoms with van der Waals surface area (Å²) in [5.74, 6) is 0.206. The van der Waals surface area contributed by atoms with Crippen molar-refractivity contribution in [2.75, 3.05) is 0 Å². The molecule has 1 heterocycles. The molecular formula is C12H11BrN2O2. The topological polar surface area (TPSA) is 44.1 Å². The van der Waals surface area contributed by atoms with Gasteiger partial charge in [0.1, 0.15) is 11.8 Å². The maximum atomic E-state index is 11.8. The molecule has 0 saturated heterocycles. The Morgan fingerprint density at radius 1 is 1.53 bits per heavy atom. The summed E-state index contributed by atoms with van der Waals surface area (Å²) in [5.41, 5.74) is 0. The predicted molar refractivity (Wildman–Crippen MR) is 66.7 cm³/mol. The molecule has 0 radical (unpaired) electrons. The third kappa shape index (κ3) is 2.94. The van der Waals surface area contributed by atoms with Crippen molar-refractivity contribution in [1.29, 1.82) is 0 Å². The number of carbonyl (C=O) groups is 1. The van der Waals surface area contributed by atoms with Crippen molar-refractivity contribution in [2.24, 2.45) is 0 Å². The summed E-state index contributed by atoms with van der Waals surface area (Å²) >= 11 is 3.32. The van der Waals surface area contributed by atoms with Crippen molar-refractivity contribution in [3.8, 4) is 5.75 Å². The van der Waals surface area contributed by atoms with Gasteiger partial charge in [-0.1, -0.05) is 22.0 Å². The molecule has 0 fully saturated rings. The number of hydrogen-bond donors (Lipinski definition) is 0. The van der Waals surface area contributed by atoms with E-state index in [0.717, 1.165) is 4.47 Å². The number of imidazole rings is 1. The molecule has 0 saturated carbocycles. The zero-order valence-electron chi connectivity index (χ0n) is 9.21.